The SMILES string of the molecule is Nc1ccc(Oc2ccccc2OCC(=O)NC2CC2)cc1. The average molecular weight is 298 g/mol. The van der Waals surface area contributed by atoms with Crippen molar-refractivity contribution in [3.63, 3.8) is 0 Å². The Bertz CT molecular complexity index is 651. The highest BCUT2D eigenvalue weighted by Crippen LogP contribution is 2.31. The third-order valence-electron chi connectivity index (χ3n) is 3.26. The highest BCUT2D eigenvalue weighted by molar-refractivity contribution is 5.78. The fourth-order valence-electron chi connectivity index (χ4n) is 1.96. The number of hydrogen-bond donors (Lipinski definition) is 2. The van der Waals surface area contributed by atoms with Crippen LogP contribution in [0.2, 0.25) is 0 Å². The standard InChI is InChI=1S/C17H18N2O3/c18-12-5-9-14(10-6-12)22-16-4-2-1-3-15(16)21-11-17(20)19-13-7-8-13/h1-6,9-10,13H,7-8,11,18H2,(H,19,20). The topological polar surface area (TPSA) is 73.6 Å². The molecule has 0 heterocycles. The first-order valence-corrected chi connectivity index (χ1v) is 7.25. The Morgan fingerprint density at radius 1 is 1.09 bits per heavy atom. The van der Waals surface area contributed by atoms with Crippen molar-refractivity contribution in [3.05, 3.63) is 48.5 Å². The molecule has 1 fully saturated rings. The number of carbonyl (C=O) groups excluding carboxylic acids is 1. The molecule has 3 N–H and O–H groups in total. The van der Waals surface area contributed by atoms with Gasteiger partial charge in [0.2, 0.25) is 0 Å². The van der Waals surface area contributed by atoms with Crippen LogP contribution in [-0.2, 0) is 4.79 Å². The van der Waals surface area contributed by atoms with E-state index in [2.05, 4.69) is 5.32 Å². The molecule has 1 aliphatic rings. The van der Waals surface area contributed by atoms with Crippen LogP contribution in [0.4, 0.5) is 5.69 Å². The summed E-state index contributed by atoms with van der Waals surface area (Å²) in [7, 11) is 0. The first kappa shape index (κ1) is 14.3. The number of hydrogen-bond acceptors (Lipinski definition) is 4. The van der Waals surface area contributed by atoms with E-state index in [0.29, 0.717) is 29.0 Å². The van der Waals surface area contributed by atoms with Crippen molar-refractivity contribution in [1.82, 2.24) is 5.32 Å². The van der Waals surface area contributed by atoms with E-state index in [1.165, 1.54) is 0 Å². The minimum absolute atomic E-state index is 0.0153. The first-order chi connectivity index (χ1) is 10.7. The average Bonchev–Trinajstić information content (AvgIpc) is 3.33. The van der Waals surface area contributed by atoms with Crippen LogP contribution < -0.4 is 20.5 Å². The molecule has 1 amide bonds. The van der Waals surface area contributed by atoms with Gasteiger partial charge in [0.1, 0.15) is 5.75 Å². The maximum Gasteiger partial charge on any atom is 0.258 e. The number of nitrogens with two attached hydrogens (primary N) is 1. The lowest BCUT2D eigenvalue weighted by Crippen LogP contribution is -2.30. The fraction of sp³-hybridized carbons (Fsp3) is 0.235. The molecule has 0 spiro atoms. The van der Waals surface area contributed by atoms with Gasteiger partial charge in [-0.1, -0.05) is 12.1 Å². The number of ether oxygens (including phenoxy) is 2. The van der Waals surface area contributed by atoms with Crippen molar-refractivity contribution >= 4 is 11.6 Å². The Labute approximate surface area is 129 Å². The van der Waals surface area contributed by atoms with Gasteiger partial charge in [0, 0.05) is 11.7 Å². The zero-order valence-electron chi connectivity index (χ0n) is 12.1. The molecule has 1 aliphatic carbocycles. The molecule has 114 valence electrons. The van der Waals surface area contributed by atoms with E-state index < -0.39 is 0 Å². The van der Waals surface area contributed by atoms with Gasteiger partial charge in [-0.05, 0) is 49.2 Å². The highest BCUT2D eigenvalue weighted by Gasteiger charge is 2.23. The Balaban J connectivity index is 1.63. The van der Waals surface area contributed by atoms with Gasteiger partial charge >= 0.3 is 0 Å². The second-order valence-electron chi connectivity index (χ2n) is 5.25. The Morgan fingerprint density at radius 2 is 1.77 bits per heavy atom. The number of carbonyl (C=O) groups is 1. The van der Waals surface area contributed by atoms with Crippen LogP contribution >= 0.6 is 0 Å². The zero-order chi connectivity index (χ0) is 15.4. The van der Waals surface area contributed by atoms with E-state index in [1.807, 2.05) is 12.1 Å². The first-order valence-electron chi connectivity index (χ1n) is 7.25. The summed E-state index contributed by atoms with van der Waals surface area (Å²) in [6, 6.07) is 14.7. The number of amides is 1. The van der Waals surface area contributed by atoms with E-state index in [9.17, 15) is 4.79 Å². The van der Waals surface area contributed by atoms with Crippen molar-refractivity contribution in [2.45, 2.75) is 18.9 Å². The second-order valence-corrected chi connectivity index (χ2v) is 5.25. The van der Waals surface area contributed by atoms with Gasteiger partial charge < -0.3 is 20.5 Å². The molecule has 0 bridgehead atoms. The maximum absolute atomic E-state index is 11.7. The van der Waals surface area contributed by atoms with E-state index in [4.69, 9.17) is 15.2 Å². The van der Waals surface area contributed by atoms with Crippen molar-refractivity contribution < 1.29 is 14.3 Å². The van der Waals surface area contributed by atoms with Gasteiger partial charge in [0.15, 0.2) is 18.1 Å². The molecular weight excluding hydrogens is 280 g/mol. The minimum atomic E-state index is -0.107. The second kappa shape index (κ2) is 6.39. The molecule has 0 saturated heterocycles. The molecule has 0 radical (unpaired) electrons. The van der Waals surface area contributed by atoms with Crippen LogP contribution in [0.3, 0.4) is 0 Å². The third-order valence-corrected chi connectivity index (χ3v) is 3.26. The Hall–Kier alpha value is -2.69. The molecule has 0 aromatic heterocycles. The third kappa shape index (κ3) is 3.91. The lowest BCUT2D eigenvalue weighted by Gasteiger charge is -2.12. The largest absolute Gasteiger partial charge is 0.480 e. The quantitative estimate of drug-likeness (QED) is 0.804. The van der Waals surface area contributed by atoms with Gasteiger partial charge in [-0.25, -0.2) is 0 Å². The van der Waals surface area contributed by atoms with Crippen molar-refractivity contribution in [2.75, 3.05) is 12.3 Å². The number of rotatable bonds is 6. The molecule has 22 heavy (non-hydrogen) atoms. The Kier molecular flexibility index (Phi) is 4.14. The molecule has 2 aromatic carbocycles. The predicted molar refractivity (Wildman–Crippen MR) is 84.0 cm³/mol. The summed E-state index contributed by atoms with van der Waals surface area (Å²) in [5.74, 6) is 1.65. The number of anilines is 1. The summed E-state index contributed by atoms with van der Waals surface area (Å²) in [4.78, 5) is 11.7. The molecule has 0 atom stereocenters. The van der Waals surface area contributed by atoms with E-state index in [1.54, 1.807) is 36.4 Å². The summed E-state index contributed by atoms with van der Waals surface area (Å²) in [6.07, 6.45) is 2.12. The van der Waals surface area contributed by atoms with Crippen LogP contribution in [0.25, 0.3) is 0 Å². The molecule has 2 aromatic rings. The van der Waals surface area contributed by atoms with E-state index in [-0.39, 0.29) is 12.5 Å². The summed E-state index contributed by atoms with van der Waals surface area (Å²) in [5, 5.41) is 2.88. The van der Waals surface area contributed by atoms with Crippen molar-refractivity contribution in [2.24, 2.45) is 0 Å². The molecule has 0 aliphatic heterocycles. The van der Waals surface area contributed by atoms with Gasteiger partial charge in [-0.2, -0.15) is 0 Å². The Morgan fingerprint density at radius 3 is 2.45 bits per heavy atom. The normalized spacial score (nSPS) is 13.5. The molecular formula is C17H18N2O3. The predicted octanol–water partition coefficient (Wildman–Crippen LogP) is 2.72. The fourth-order valence-corrected chi connectivity index (χ4v) is 1.96. The summed E-state index contributed by atoms with van der Waals surface area (Å²) < 4.78 is 11.3. The molecule has 3 rings (SSSR count). The molecule has 1 saturated carbocycles. The number of nitrogen functional groups attached to an aromatic ring is 1. The number of benzene rings is 2. The van der Waals surface area contributed by atoms with Crippen molar-refractivity contribution in [3.8, 4) is 17.2 Å². The van der Waals surface area contributed by atoms with Crippen molar-refractivity contribution in [1.29, 1.82) is 0 Å². The number of para-hydroxylation sites is 2. The van der Waals surface area contributed by atoms with Gasteiger partial charge in [0.05, 0.1) is 0 Å². The molecule has 5 heteroatoms. The lowest BCUT2D eigenvalue weighted by atomic mass is 10.3. The molecule has 0 unspecified atom stereocenters. The van der Waals surface area contributed by atoms with Gasteiger partial charge in [-0.15, -0.1) is 0 Å². The highest BCUT2D eigenvalue weighted by atomic mass is 16.5. The van der Waals surface area contributed by atoms with E-state index in [0.717, 1.165) is 12.8 Å². The van der Waals surface area contributed by atoms with Crippen LogP contribution in [0.5, 0.6) is 17.2 Å². The number of nitrogens with one attached hydrogen (secondary N) is 1. The summed E-state index contributed by atoms with van der Waals surface area (Å²) in [6.45, 7) is -0.0153. The van der Waals surface area contributed by atoms with E-state index >= 15 is 0 Å². The van der Waals surface area contributed by atoms with Gasteiger partial charge in [0.25, 0.3) is 5.91 Å². The summed E-state index contributed by atoms with van der Waals surface area (Å²) >= 11 is 0. The smallest absolute Gasteiger partial charge is 0.258 e. The summed E-state index contributed by atoms with van der Waals surface area (Å²) in [5.41, 5.74) is 6.33. The zero-order valence-corrected chi connectivity index (χ0v) is 12.1. The van der Waals surface area contributed by atoms with Crippen LogP contribution in [0.15, 0.2) is 48.5 Å². The van der Waals surface area contributed by atoms with Crippen LogP contribution in [0, 0.1) is 0 Å². The maximum atomic E-state index is 11.7. The minimum Gasteiger partial charge on any atom is -0.480 e. The van der Waals surface area contributed by atoms with Crippen LogP contribution in [0.1, 0.15) is 12.8 Å². The lowest BCUT2D eigenvalue weighted by molar-refractivity contribution is -0.123. The monoisotopic (exact) mass is 298 g/mol. The van der Waals surface area contributed by atoms with Gasteiger partial charge in [-0.3, -0.25) is 4.79 Å². The molecule has 5 nitrogen and oxygen atoms in total. The van der Waals surface area contributed by atoms with Crippen LogP contribution in [-0.4, -0.2) is 18.6 Å².